The summed E-state index contributed by atoms with van der Waals surface area (Å²) in [7, 11) is 1.51. The van der Waals surface area contributed by atoms with Gasteiger partial charge in [0.25, 0.3) is 0 Å². The molecule has 200 valence electrons. The molecule has 3 heterocycles. The molecule has 0 amide bonds. The number of anilines is 2. The van der Waals surface area contributed by atoms with E-state index in [9.17, 15) is 17.6 Å². The Morgan fingerprint density at radius 2 is 1.84 bits per heavy atom. The molecule has 0 bridgehead atoms. The molecule has 4 rings (SSSR count). The number of rotatable bonds is 6. The van der Waals surface area contributed by atoms with E-state index >= 15 is 0 Å². The summed E-state index contributed by atoms with van der Waals surface area (Å²) in [6.07, 6.45) is -0.157. The predicted molar refractivity (Wildman–Crippen MR) is 129 cm³/mol. The molecule has 0 saturated carbocycles. The van der Waals surface area contributed by atoms with Crippen LogP contribution in [-0.4, -0.2) is 64.5 Å². The van der Waals surface area contributed by atoms with E-state index < -0.39 is 18.0 Å². The fourth-order valence-electron chi connectivity index (χ4n) is 3.56. The normalized spacial score (nSPS) is 14.2. The first-order valence-electron chi connectivity index (χ1n) is 11.4. The predicted octanol–water partition coefficient (Wildman–Crippen LogP) is 4.67. The Bertz CT molecular complexity index is 1220. The van der Waals surface area contributed by atoms with E-state index in [1.54, 1.807) is 24.5 Å². The van der Waals surface area contributed by atoms with E-state index in [-0.39, 0.29) is 17.9 Å². The number of fused-ring (bicyclic) bond motifs is 1. The molecule has 3 aromatic rings. The van der Waals surface area contributed by atoms with Gasteiger partial charge in [-0.3, -0.25) is 4.98 Å². The zero-order chi connectivity index (χ0) is 27.2. The van der Waals surface area contributed by atoms with Gasteiger partial charge in [-0.25, -0.2) is 19.2 Å². The summed E-state index contributed by atoms with van der Waals surface area (Å²) >= 11 is 0. The van der Waals surface area contributed by atoms with Gasteiger partial charge in [0.15, 0.2) is 23.2 Å². The molecule has 1 fully saturated rings. The lowest BCUT2D eigenvalue weighted by Crippen LogP contribution is -2.39. The lowest BCUT2D eigenvalue weighted by Gasteiger charge is -2.34. The molecule has 2 aromatic heterocycles. The third-order valence-corrected chi connectivity index (χ3v) is 5.29. The molecule has 0 atom stereocenters. The van der Waals surface area contributed by atoms with E-state index in [2.05, 4.69) is 29.0 Å². The first kappa shape index (κ1) is 27.7. The Labute approximate surface area is 210 Å². The van der Waals surface area contributed by atoms with Gasteiger partial charge >= 0.3 is 12.1 Å². The van der Waals surface area contributed by atoms with Crippen LogP contribution in [0.2, 0.25) is 0 Å². The topological polar surface area (TPSA) is 110 Å². The molecule has 0 aliphatic carbocycles. The highest BCUT2D eigenvalue weighted by Gasteiger charge is 2.38. The third kappa shape index (κ3) is 7.54. The van der Waals surface area contributed by atoms with Crippen LogP contribution in [0.25, 0.3) is 11.0 Å². The molecule has 0 unspecified atom stereocenters. The standard InChI is InChI=1S/C22H26FN5O2.C2HF3O2/c1-14(2)25-21-22(27-18-6-9-24-13-19(18)26-21)28-10-7-15(8-11-28)30-20-5-4-16(29-3)12-17(20)23;3-2(4,5)1(6)7/h4-6,9,12-15H,7-8,10-11H2,1-3H3,(H,25,26);(H,6,7). The molecule has 1 aliphatic heterocycles. The minimum absolute atomic E-state index is 0.0525. The summed E-state index contributed by atoms with van der Waals surface area (Å²) < 4.78 is 56.9. The number of aromatic nitrogens is 3. The Hall–Kier alpha value is -3.90. The van der Waals surface area contributed by atoms with E-state index in [1.165, 1.54) is 13.2 Å². The maximum Gasteiger partial charge on any atom is 0.490 e. The van der Waals surface area contributed by atoms with Gasteiger partial charge in [0.1, 0.15) is 17.4 Å². The van der Waals surface area contributed by atoms with Crippen LogP contribution in [0.3, 0.4) is 0 Å². The first-order chi connectivity index (χ1) is 17.5. The molecule has 1 aliphatic rings. The zero-order valence-corrected chi connectivity index (χ0v) is 20.4. The summed E-state index contributed by atoms with van der Waals surface area (Å²) in [5.41, 5.74) is 1.57. The van der Waals surface area contributed by atoms with E-state index in [1.807, 2.05) is 6.07 Å². The van der Waals surface area contributed by atoms with Crippen LogP contribution in [0.15, 0.2) is 36.7 Å². The number of halogens is 4. The van der Waals surface area contributed by atoms with Crippen molar-refractivity contribution in [3.63, 3.8) is 0 Å². The van der Waals surface area contributed by atoms with Gasteiger partial charge in [0.2, 0.25) is 0 Å². The molecular weight excluding hydrogens is 498 g/mol. The van der Waals surface area contributed by atoms with Crippen molar-refractivity contribution in [1.29, 1.82) is 0 Å². The molecule has 0 radical (unpaired) electrons. The molecule has 1 saturated heterocycles. The summed E-state index contributed by atoms with van der Waals surface area (Å²) in [5, 5.41) is 10.5. The van der Waals surface area contributed by atoms with E-state index in [0.717, 1.165) is 48.6 Å². The minimum Gasteiger partial charge on any atom is -0.497 e. The summed E-state index contributed by atoms with van der Waals surface area (Å²) in [4.78, 5) is 24.8. The number of hydrogen-bond acceptors (Lipinski definition) is 8. The van der Waals surface area contributed by atoms with Crippen LogP contribution in [0.1, 0.15) is 26.7 Å². The Kier molecular flexibility index (Phi) is 8.90. The minimum atomic E-state index is -5.08. The monoisotopic (exact) mass is 525 g/mol. The highest BCUT2D eigenvalue weighted by Crippen LogP contribution is 2.30. The average molecular weight is 526 g/mol. The van der Waals surface area contributed by atoms with E-state index in [4.69, 9.17) is 29.3 Å². The lowest BCUT2D eigenvalue weighted by molar-refractivity contribution is -0.192. The first-order valence-corrected chi connectivity index (χ1v) is 11.4. The van der Waals surface area contributed by atoms with Crippen molar-refractivity contribution in [3.05, 3.63) is 42.5 Å². The third-order valence-electron chi connectivity index (χ3n) is 5.29. The van der Waals surface area contributed by atoms with Crippen LogP contribution in [0, 0.1) is 5.82 Å². The number of piperidine rings is 1. The number of nitrogens with zero attached hydrogens (tertiary/aromatic N) is 4. The molecule has 2 N–H and O–H groups in total. The van der Waals surface area contributed by atoms with Crippen molar-refractivity contribution in [3.8, 4) is 11.5 Å². The number of alkyl halides is 3. The van der Waals surface area contributed by atoms with Crippen LogP contribution >= 0.6 is 0 Å². The zero-order valence-electron chi connectivity index (χ0n) is 20.4. The molecule has 1 aromatic carbocycles. The molecular formula is C24H27F4N5O4. The number of carbonyl (C=O) groups is 1. The summed E-state index contributed by atoms with van der Waals surface area (Å²) in [5.74, 6) is -0.844. The van der Waals surface area contributed by atoms with Crippen LogP contribution < -0.4 is 19.7 Å². The fourth-order valence-corrected chi connectivity index (χ4v) is 3.56. The highest BCUT2D eigenvalue weighted by atomic mass is 19.4. The van der Waals surface area contributed by atoms with Gasteiger partial charge in [-0.1, -0.05) is 0 Å². The number of ether oxygens (including phenoxy) is 2. The van der Waals surface area contributed by atoms with Gasteiger partial charge in [-0.05, 0) is 32.0 Å². The maximum atomic E-state index is 14.2. The number of methoxy groups -OCH3 is 1. The number of hydrogen-bond donors (Lipinski definition) is 2. The van der Waals surface area contributed by atoms with E-state index in [0.29, 0.717) is 5.75 Å². The molecule has 37 heavy (non-hydrogen) atoms. The van der Waals surface area contributed by atoms with Gasteiger partial charge in [0, 0.05) is 44.2 Å². The molecule has 13 heteroatoms. The maximum absolute atomic E-state index is 14.2. The van der Waals surface area contributed by atoms with Gasteiger partial charge < -0.3 is 24.8 Å². The highest BCUT2D eigenvalue weighted by molar-refractivity contribution is 5.79. The largest absolute Gasteiger partial charge is 0.497 e. The van der Waals surface area contributed by atoms with Crippen molar-refractivity contribution in [1.82, 2.24) is 15.0 Å². The number of benzene rings is 1. The number of pyridine rings is 1. The van der Waals surface area contributed by atoms with Crippen LogP contribution in [0.5, 0.6) is 11.5 Å². The second kappa shape index (κ2) is 11.9. The SMILES string of the molecule is COc1ccc(OC2CCN(c3nc4ccncc4nc3NC(C)C)CC2)c(F)c1.O=C(O)C(F)(F)F. The fraction of sp³-hybridized carbons (Fsp3) is 0.417. The number of aliphatic carboxylic acids is 1. The van der Waals surface area contributed by atoms with Crippen LogP contribution in [-0.2, 0) is 4.79 Å². The van der Waals surface area contributed by atoms with Crippen molar-refractivity contribution in [2.24, 2.45) is 0 Å². The lowest BCUT2D eigenvalue weighted by atomic mass is 10.1. The Balaban J connectivity index is 0.000000479. The van der Waals surface area contributed by atoms with Crippen molar-refractivity contribution >= 4 is 28.6 Å². The van der Waals surface area contributed by atoms with Crippen LogP contribution in [0.4, 0.5) is 29.2 Å². The average Bonchev–Trinajstić information content (AvgIpc) is 2.85. The number of carboxylic acid groups (broad SMARTS) is 1. The quantitative estimate of drug-likeness (QED) is 0.444. The Morgan fingerprint density at radius 3 is 2.41 bits per heavy atom. The second-order valence-corrected chi connectivity index (χ2v) is 8.46. The summed E-state index contributed by atoms with van der Waals surface area (Å²) in [6, 6.07) is 6.76. The number of carboxylic acids is 1. The van der Waals surface area contributed by atoms with Gasteiger partial charge in [0.05, 0.1) is 18.8 Å². The second-order valence-electron chi connectivity index (χ2n) is 8.46. The summed E-state index contributed by atoms with van der Waals surface area (Å²) in [6.45, 7) is 5.64. The van der Waals surface area contributed by atoms with Gasteiger partial charge in [-0.15, -0.1) is 0 Å². The van der Waals surface area contributed by atoms with Crippen molar-refractivity contribution in [2.45, 2.75) is 45.0 Å². The van der Waals surface area contributed by atoms with Gasteiger partial charge in [-0.2, -0.15) is 13.2 Å². The molecule has 9 nitrogen and oxygen atoms in total. The number of nitrogens with one attached hydrogen (secondary N) is 1. The molecule has 0 spiro atoms. The van der Waals surface area contributed by atoms with Crippen molar-refractivity contribution < 1.29 is 36.9 Å². The van der Waals surface area contributed by atoms with Crippen molar-refractivity contribution in [2.75, 3.05) is 30.4 Å². The smallest absolute Gasteiger partial charge is 0.490 e. The Morgan fingerprint density at radius 1 is 1.16 bits per heavy atom.